The Hall–Kier alpha value is -6.22. The van der Waals surface area contributed by atoms with Crippen LogP contribution in [0.5, 0.6) is 0 Å². The molecule has 0 atom stereocenters. The smallest absolute Gasteiger partial charge is 0.136 e. The summed E-state index contributed by atoms with van der Waals surface area (Å²) in [4.78, 5) is 0. The van der Waals surface area contributed by atoms with Crippen LogP contribution >= 0.6 is 11.3 Å². The molecule has 0 unspecified atom stereocenters. The minimum atomic E-state index is 0.902. The van der Waals surface area contributed by atoms with Crippen molar-refractivity contribution >= 4 is 85.8 Å². The maximum atomic E-state index is 6.72. The lowest BCUT2D eigenvalue weighted by molar-refractivity contribution is 0.669. The average Bonchev–Trinajstić information content (AvgIpc) is 3.74. The molecule has 0 aliphatic carbocycles. The first-order valence-electron chi connectivity index (χ1n) is 17.1. The second-order valence-electron chi connectivity index (χ2n) is 13.2. The van der Waals surface area contributed by atoms with Gasteiger partial charge in [-0.1, -0.05) is 133 Å². The van der Waals surface area contributed by atoms with Crippen LogP contribution in [-0.4, -0.2) is 0 Å². The molecule has 50 heavy (non-hydrogen) atoms. The first kappa shape index (κ1) is 27.7. The van der Waals surface area contributed by atoms with Gasteiger partial charge in [-0.05, 0) is 102 Å². The van der Waals surface area contributed by atoms with Crippen LogP contribution in [0.15, 0.2) is 174 Å². The normalized spacial score (nSPS) is 12.0. The molecule has 2 heteroatoms. The van der Waals surface area contributed by atoms with Gasteiger partial charge >= 0.3 is 0 Å². The third-order valence-corrected chi connectivity index (χ3v) is 11.6. The lowest BCUT2D eigenvalue weighted by atomic mass is 9.86. The van der Waals surface area contributed by atoms with Crippen molar-refractivity contribution in [2.24, 2.45) is 0 Å². The van der Waals surface area contributed by atoms with Crippen LogP contribution in [0.3, 0.4) is 0 Å². The highest BCUT2D eigenvalue weighted by atomic mass is 32.1. The number of furan rings is 1. The van der Waals surface area contributed by atoms with Crippen molar-refractivity contribution in [2.75, 3.05) is 0 Å². The standard InChI is InChI=1S/C48H28OS/c1-2-11-29(12-3-1)46-37-13-4-6-15-39(37)47(40-16-7-5-14-38(40)46)31-22-24-35-34-23-21-30(27-42(34)49-43(35)28-31)32-18-10-19-36-33(32)25-26-45-48(36)41-17-8-9-20-44(41)50-45/h1-28H. The number of fused-ring (bicyclic) bond motifs is 10. The van der Waals surface area contributed by atoms with Gasteiger partial charge < -0.3 is 4.42 Å². The summed E-state index contributed by atoms with van der Waals surface area (Å²) in [6.45, 7) is 0. The van der Waals surface area contributed by atoms with Gasteiger partial charge in [-0.2, -0.15) is 0 Å². The largest absolute Gasteiger partial charge is 0.456 e. The van der Waals surface area contributed by atoms with Crippen molar-refractivity contribution in [3.05, 3.63) is 170 Å². The molecular formula is C48H28OS. The fourth-order valence-corrected chi connectivity index (χ4v) is 9.41. The molecule has 0 saturated carbocycles. The van der Waals surface area contributed by atoms with E-state index in [9.17, 15) is 0 Å². The van der Waals surface area contributed by atoms with E-state index in [0.29, 0.717) is 0 Å². The highest BCUT2D eigenvalue weighted by molar-refractivity contribution is 7.26. The maximum Gasteiger partial charge on any atom is 0.136 e. The number of benzene rings is 9. The zero-order chi connectivity index (χ0) is 32.8. The summed E-state index contributed by atoms with van der Waals surface area (Å²) in [7, 11) is 0. The quantitative estimate of drug-likeness (QED) is 0.173. The van der Waals surface area contributed by atoms with E-state index in [1.54, 1.807) is 0 Å². The van der Waals surface area contributed by atoms with Crippen LogP contribution in [0.1, 0.15) is 0 Å². The summed E-state index contributed by atoms with van der Waals surface area (Å²) in [6.07, 6.45) is 0. The number of rotatable bonds is 3. The van der Waals surface area contributed by atoms with Crippen LogP contribution < -0.4 is 0 Å². The van der Waals surface area contributed by atoms with Gasteiger partial charge in [0.1, 0.15) is 11.2 Å². The van der Waals surface area contributed by atoms with Crippen LogP contribution in [0, 0.1) is 0 Å². The number of hydrogen-bond acceptors (Lipinski definition) is 2. The van der Waals surface area contributed by atoms with E-state index in [1.807, 2.05) is 11.3 Å². The molecule has 11 rings (SSSR count). The van der Waals surface area contributed by atoms with E-state index >= 15 is 0 Å². The summed E-state index contributed by atoms with van der Waals surface area (Å²) >= 11 is 1.87. The van der Waals surface area contributed by atoms with Crippen LogP contribution in [0.25, 0.3) is 108 Å². The van der Waals surface area contributed by atoms with E-state index in [4.69, 9.17) is 4.42 Å². The molecule has 0 radical (unpaired) electrons. The number of thiophene rings is 1. The predicted molar refractivity (Wildman–Crippen MR) is 215 cm³/mol. The zero-order valence-electron chi connectivity index (χ0n) is 27.0. The summed E-state index contributed by atoms with van der Waals surface area (Å²) in [5, 5.41) is 12.5. The summed E-state index contributed by atoms with van der Waals surface area (Å²) in [6, 6.07) is 61.8. The molecule has 0 aliphatic heterocycles. The van der Waals surface area contributed by atoms with Crippen LogP contribution in [-0.2, 0) is 0 Å². The first-order chi connectivity index (χ1) is 24.8. The second kappa shape index (κ2) is 10.6. The Morgan fingerprint density at radius 3 is 1.56 bits per heavy atom. The Balaban J connectivity index is 1.09. The van der Waals surface area contributed by atoms with Gasteiger partial charge in [0.25, 0.3) is 0 Å². The molecule has 0 aliphatic rings. The lowest BCUT2D eigenvalue weighted by Gasteiger charge is -2.17. The van der Waals surface area contributed by atoms with Crippen LogP contribution in [0.2, 0.25) is 0 Å². The molecule has 2 heterocycles. The molecule has 0 amide bonds. The minimum absolute atomic E-state index is 0.902. The van der Waals surface area contributed by atoms with Crippen molar-refractivity contribution in [2.45, 2.75) is 0 Å². The molecule has 1 nitrogen and oxygen atoms in total. The lowest BCUT2D eigenvalue weighted by Crippen LogP contribution is -1.90. The van der Waals surface area contributed by atoms with Gasteiger partial charge in [-0.25, -0.2) is 0 Å². The third kappa shape index (κ3) is 4.00. The van der Waals surface area contributed by atoms with E-state index in [1.165, 1.54) is 74.7 Å². The molecule has 0 saturated heterocycles. The van der Waals surface area contributed by atoms with E-state index in [-0.39, 0.29) is 0 Å². The topological polar surface area (TPSA) is 13.1 Å². The Bertz CT molecular complexity index is 3090. The molecule has 0 spiro atoms. The molecule has 11 aromatic rings. The van der Waals surface area contributed by atoms with Crippen molar-refractivity contribution in [3.8, 4) is 33.4 Å². The van der Waals surface area contributed by atoms with E-state index in [0.717, 1.165) is 33.1 Å². The van der Waals surface area contributed by atoms with Gasteiger partial charge in [0.15, 0.2) is 0 Å². The van der Waals surface area contributed by atoms with Crippen molar-refractivity contribution in [1.29, 1.82) is 0 Å². The maximum absolute atomic E-state index is 6.72. The van der Waals surface area contributed by atoms with E-state index < -0.39 is 0 Å². The van der Waals surface area contributed by atoms with Gasteiger partial charge in [0.05, 0.1) is 0 Å². The van der Waals surface area contributed by atoms with Gasteiger partial charge in [0, 0.05) is 30.9 Å². The second-order valence-corrected chi connectivity index (χ2v) is 14.3. The van der Waals surface area contributed by atoms with Crippen molar-refractivity contribution in [1.82, 2.24) is 0 Å². The number of hydrogen-bond donors (Lipinski definition) is 0. The predicted octanol–water partition coefficient (Wildman–Crippen LogP) is 14.4. The summed E-state index contributed by atoms with van der Waals surface area (Å²) in [5.74, 6) is 0. The van der Waals surface area contributed by atoms with Gasteiger partial charge in [-0.15, -0.1) is 11.3 Å². The Morgan fingerprint density at radius 1 is 0.320 bits per heavy atom. The molecule has 232 valence electrons. The Labute approximate surface area is 292 Å². The van der Waals surface area contributed by atoms with Gasteiger partial charge in [0.2, 0.25) is 0 Å². The molecule has 2 aromatic heterocycles. The van der Waals surface area contributed by atoms with Crippen molar-refractivity contribution in [3.63, 3.8) is 0 Å². The van der Waals surface area contributed by atoms with Crippen LogP contribution in [0.4, 0.5) is 0 Å². The zero-order valence-corrected chi connectivity index (χ0v) is 27.8. The average molecular weight is 653 g/mol. The minimum Gasteiger partial charge on any atom is -0.456 e. The first-order valence-corrected chi connectivity index (χ1v) is 17.9. The monoisotopic (exact) mass is 652 g/mol. The Morgan fingerprint density at radius 2 is 0.860 bits per heavy atom. The fourth-order valence-electron chi connectivity index (χ4n) is 8.29. The highest BCUT2D eigenvalue weighted by Gasteiger charge is 2.18. The molecule has 0 fully saturated rings. The summed E-state index contributed by atoms with van der Waals surface area (Å²) < 4.78 is 9.38. The van der Waals surface area contributed by atoms with Gasteiger partial charge in [-0.3, -0.25) is 0 Å². The molecule has 9 aromatic carbocycles. The Kier molecular flexibility index (Phi) is 5.89. The highest BCUT2D eigenvalue weighted by Crippen LogP contribution is 2.45. The van der Waals surface area contributed by atoms with Crippen molar-refractivity contribution < 1.29 is 4.42 Å². The third-order valence-electron chi connectivity index (χ3n) is 10.5. The van der Waals surface area contributed by atoms with E-state index in [2.05, 4.69) is 170 Å². The molecule has 0 N–H and O–H groups in total. The fraction of sp³-hybridized carbons (Fsp3) is 0. The summed E-state index contributed by atoms with van der Waals surface area (Å²) in [5.41, 5.74) is 9.09. The molecule has 0 bridgehead atoms. The molecular weight excluding hydrogens is 625 g/mol. The SMILES string of the molecule is c1ccc(-c2c3ccccc3c(-c3ccc4c(c3)oc3cc(-c5cccc6c5ccc5sc7ccccc7c56)ccc34)c3ccccc23)cc1.